The lowest BCUT2D eigenvalue weighted by atomic mass is 9.77. The van der Waals surface area contributed by atoms with Crippen molar-refractivity contribution in [2.24, 2.45) is 11.8 Å². The number of hydrogen-bond acceptors (Lipinski definition) is 7. The second-order valence-electron chi connectivity index (χ2n) is 9.41. The van der Waals surface area contributed by atoms with Crippen LogP contribution in [0.4, 0.5) is 5.69 Å². The van der Waals surface area contributed by atoms with Crippen LogP contribution in [0.3, 0.4) is 0 Å². The fourth-order valence-corrected chi connectivity index (χ4v) is 6.12. The van der Waals surface area contributed by atoms with Crippen LogP contribution in [0.5, 0.6) is 0 Å². The molecule has 1 aliphatic carbocycles. The normalized spacial score (nSPS) is 22.9. The van der Waals surface area contributed by atoms with Crippen molar-refractivity contribution >= 4 is 58.2 Å². The van der Waals surface area contributed by atoms with Crippen LogP contribution in [0.15, 0.2) is 66.7 Å². The van der Waals surface area contributed by atoms with Crippen LogP contribution < -0.4 is 4.90 Å². The highest BCUT2D eigenvalue weighted by molar-refractivity contribution is 6.45. The summed E-state index contributed by atoms with van der Waals surface area (Å²) in [6.45, 7) is 1.88. The molecule has 3 atom stereocenters. The molecule has 0 bridgehead atoms. The smallest absolute Gasteiger partial charge is 0.338 e. The van der Waals surface area contributed by atoms with E-state index in [1.807, 2.05) is 0 Å². The van der Waals surface area contributed by atoms with Gasteiger partial charge in [-0.15, -0.1) is 0 Å². The van der Waals surface area contributed by atoms with Crippen LogP contribution in [0, 0.1) is 11.8 Å². The molecule has 0 radical (unpaired) electrons. The zero-order chi connectivity index (χ0) is 27.6. The molecule has 3 aromatic rings. The fourth-order valence-electron chi connectivity index (χ4n) is 5.74. The fraction of sp³-hybridized carbons (Fsp3) is 0.207. The Morgan fingerprint density at radius 3 is 2.15 bits per heavy atom. The molecule has 2 amide bonds. The predicted molar refractivity (Wildman–Crippen MR) is 140 cm³/mol. The van der Waals surface area contributed by atoms with Gasteiger partial charge in [0.15, 0.2) is 0 Å². The standard InChI is InChI=1S/C29H19Cl2NO7/c1-2-38-28(37)15-12-10-14(11-13-15)23-20-21(27(36)32(26(20)35)19-9-5-8-18(30)22(19)31)29(39-23)24(33)16-6-3-4-7-17(16)25(29)34/h3-13,20-21,23H,2H2,1H3/t20-,21+,23+/m1/s1. The zero-order valence-electron chi connectivity index (χ0n) is 20.4. The van der Waals surface area contributed by atoms with Gasteiger partial charge < -0.3 is 9.47 Å². The summed E-state index contributed by atoms with van der Waals surface area (Å²) in [5.41, 5.74) is -1.25. The molecule has 196 valence electrons. The van der Waals surface area contributed by atoms with Crippen molar-refractivity contribution in [3.8, 4) is 0 Å². The van der Waals surface area contributed by atoms with Crippen LogP contribution in [-0.2, 0) is 19.1 Å². The average Bonchev–Trinajstić information content (AvgIpc) is 3.50. The quantitative estimate of drug-likeness (QED) is 0.253. The number of amides is 2. The molecule has 2 fully saturated rings. The van der Waals surface area contributed by atoms with E-state index in [-0.39, 0.29) is 39.0 Å². The molecule has 0 unspecified atom stereocenters. The van der Waals surface area contributed by atoms with E-state index in [2.05, 4.69) is 0 Å². The molecule has 6 rings (SSSR count). The summed E-state index contributed by atoms with van der Waals surface area (Å²) in [6.07, 6.45) is -1.15. The van der Waals surface area contributed by atoms with Crippen LogP contribution in [0.1, 0.15) is 49.7 Å². The molecule has 0 aromatic heterocycles. The van der Waals surface area contributed by atoms with Gasteiger partial charge >= 0.3 is 5.97 Å². The molecule has 2 heterocycles. The minimum atomic E-state index is -2.23. The van der Waals surface area contributed by atoms with Crippen molar-refractivity contribution in [1.82, 2.24) is 0 Å². The Kier molecular flexibility index (Phi) is 5.95. The van der Waals surface area contributed by atoms with Gasteiger partial charge in [0.1, 0.15) is 0 Å². The zero-order valence-corrected chi connectivity index (χ0v) is 21.9. The molecule has 3 aromatic carbocycles. The highest BCUT2D eigenvalue weighted by Crippen LogP contribution is 2.58. The lowest BCUT2D eigenvalue weighted by molar-refractivity contribution is -0.127. The molecule has 1 spiro atoms. The number of carbonyl (C=O) groups is 5. The average molecular weight is 564 g/mol. The van der Waals surface area contributed by atoms with E-state index in [9.17, 15) is 24.0 Å². The number of nitrogens with zero attached hydrogens (tertiary/aromatic N) is 1. The Morgan fingerprint density at radius 2 is 1.54 bits per heavy atom. The van der Waals surface area contributed by atoms with Gasteiger partial charge in [0.2, 0.25) is 29.0 Å². The number of carbonyl (C=O) groups excluding carboxylic acids is 5. The Labute approximate surface area is 232 Å². The number of imide groups is 1. The first-order chi connectivity index (χ1) is 18.7. The molecule has 2 saturated heterocycles. The van der Waals surface area contributed by atoms with Crippen molar-refractivity contribution in [3.05, 3.63) is 99.0 Å². The lowest BCUT2D eigenvalue weighted by Gasteiger charge is -2.27. The van der Waals surface area contributed by atoms with Crippen LogP contribution in [0.2, 0.25) is 10.0 Å². The van der Waals surface area contributed by atoms with E-state index in [4.69, 9.17) is 32.7 Å². The molecular formula is C29H19Cl2NO7. The largest absolute Gasteiger partial charge is 0.462 e. The van der Waals surface area contributed by atoms with Gasteiger partial charge in [-0.3, -0.25) is 19.2 Å². The number of hydrogen-bond donors (Lipinski definition) is 0. The molecule has 10 heteroatoms. The first kappa shape index (κ1) is 25.4. The molecular weight excluding hydrogens is 545 g/mol. The monoisotopic (exact) mass is 563 g/mol. The molecule has 0 N–H and O–H groups in total. The first-order valence-corrected chi connectivity index (χ1v) is 12.9. The summed E-state index contributed by atoms with van der Waals surface area (Å²) in [6, 6.07) is 16.8. The minimum Gasteiger partial charge on any atom is -0.462 e. The highest BCUT2D eigenvalue weighted by Gasteiger charge is 2.74. The number of halogens is 2. The van der Waals surface area contributed by atoms with Gasteiger partial charge in [0, 0.05) is 11.1 Å². The second kappa shape index (κ2) is 9.12. The molecule has 3 aliphatic rings. The van der Waals surface area contributed by atoms with Gasteiger partial charge in [-0.05, 0) is 36.8 Å². The Balaban J connectivity index is 1.50. The molecule has 2 aliphatic heterocycles. The van der Waals surface area contributed by atoms with E-state index in [0.29, 0.717) is 5.56 Å². The van der Waals surface area contributed by atoms with Gasteiger partial charge in [-0.25, -0.2) is 9.69 Å². The molecule has 8 nitrogen and oxygen atoms in total. The summed E-state index contributed by atoms with van der Waals surface area (Å²) < 4.78 is 11.3. The Morgan fingerprint density at radius 1 is 0.897 bits per heavy atom. The summed E-state index contributed by atoms with van der Waals surface area (Å²) in [5, 5.41) is 0.114. The number of Topliss-reactive ketones (excluding diaryl/α,β-unsaturated/α-hetero) is 2. The van der Waals surface area contributed by atoms with Crippen molar-refractivity contribution in [1.29, 1.82) is 0 Å². The van der Waals surface area contributed by atoms with Gasteiger partial charge in [-0.1, -0.05) is 65.7 Å². The molecule has 39 heavy (non-hydrogen) atoms. The summed E-state index contributed by atoms with van der Waals surface area (Å²) >= 11 is 12.6. The number of fused-ring (bicyclic) bond motifs is 3. The topological polar surface area (TPSA) is 107 Å². The van der Waals surface area contributed by atoms with Crippen LogP contribution in [-0.4, -0.2) is 41.6 Å². The van der Waals surface area contributed by atoms with E-state index >= 15 is 0 Å². The van der Waals surface area contributed by atoms with E-state index < -0.39 is 52.9 Å². The van der Waals surface area contributed by atoms with Gasteiger partial charge in [-0.2, -0.15) is 0 Å². The van der Waals surface area contributed by atoms with Gasteiger partial charge in [0.25, 0.3) is 0 Å². The van der Waals surface area contributed by atoms with Crippen molar-refractivity contribution in [2.75, 3.05) is 11.5 Å². The Bertz CT molecular complexity index is 1560. The van der Waals surface area contributed by atoms with E-state index in [1.165, 1.54) is 42.5 Å². The number of anilines is 1. The third-order valence-electron chi connectivity index (χ3n) is 7.44. The summed E-state index contributed by atoms with van der Waals surface area (Å²) in [7, 11) is 0. The Hall–Kier alpha value is -3.85. The van der Waals surface area contributed by atoms with E-state index in [1.54, 1.807) is 31.2 Å². The number of esters is 1. The molecule has 0 saturated carbocycles. The maximum Gasteiger partial charge on any atom is 0.338 e. The summed E-state index contributed by atoms with van der Waals surface area (Å²) in [4.78, 5) is 68.7. The first-order valence-electron chi connectivity index (χ1n) is 12.2. The maximum absolute atomic E-state index is 14.0. The predicted octanol–water partition coefficient (Wildman–Crippen LogP) is 4.87. The van der Waals surface area contributed by atoms with Crippen LogP contribution >= 0.6 is 23.2 Å². The summed E-state index contributed by atoms with van der Waals surface area (Å²) in [5.74, 6) is -6.01. The van der Waals surface area contributed by atoms with Crippen molar-refractivity contribution in [3.63, 3.8) is 0 Å². The second-order valence-corrected chi connectivity index (χ2v) is 10.2. The van der Waals surface area contributed by atoms with Crippen molar-refractivity contribution < 1.29 is 33.4 Å². The third kappa shape index (κ3) is 3.45. The number of ketones is 2. The maximum atomic E-state index is 14.0. The number of benzene rings is 3. The third-order valence-corrected chi connectivity index (χ3v) is 8.25. The number of ether oxygens (including phenoxy) is 2. The van der Waals surface area contributed by atoms with Gasteiger partial charge in [0.05, 0.1) is 45.8 Å². The number of rotatable bonds is 4. The highest BCUT2D eigenvalue weighted by atomic mass is 35.5. The lowest BCUT2D eigenvalue weighted by Crippen LogP contribution is -2.51. The van der Waals surface area contributed by atoms with Crippen molar-refractivity contribution in [2.45, 2.75) is 18.6 Å². The van der Waals surface area contributed by atoms with Crippen LogP contribution in [0.25, 0.3) is 0 Å². The SMILES string of the molecule is CCOC(=O)c1ccc([C@@H]2OC3(C(=O)c4ccccc4C3=O)[C@@H]3C(=O)N(c4cccc(Cl)c4Cl)C(=O)[C@H]32)cc1. The van der Waals surface area contributed by atoms with E-state index in [0.717, 1.165) is 4.90 Å². The minimum absolute atomic E-state index is 0.0153.